The number of rotatable bonds is 7. The van der Waals surface area contributed by atoms with E-state index in [4.69, 9.17) is 9.47 Å². The van der Waals surface area contributed by atoms with E-state index in [1.807, 2.05) is 54.6 Å². The lowest BCUT2D eigenvalue weighted by Gasteiger charge is -2.51. The Labute approximate surface area is 237 Å². The van der Waals surface area contributed by atoms with Crippen LogP contribution in [0.1, 0.15) is 40.7 Å². The molecule has 1 spiro atoms. The van der Waals surface area contributed by atoms with Gasteiger partial charge >= 0.3 is 12.1 Å². The van der Waals surface area contributed by atoms with Gasteiger partial charge in [0, 0.05) is 29.6 Å². The largest absolute Gasteiger partial charge is 0.490 e. The van der Waals surface area contributed by atoms with E-state index in [1.165, 1.54) is 4.90 Å². The van der Waals surface area contributed by atoms with Crippen molar-refractivity contribution in [3.63, 3.8) is 0 Å². The predicted octanol–water partition coefficient (Wildman–Crippen LogP) is 5.87. The molecule has 0 aromatic heterocycles. The summed E-state index contributed by atoms with van der Waals surface area (Å²) in [6.45, 7) is 2.66. The number of para-hydroxylation sites is 1. The number of halogens is 3. The molecule has 6 nitrogen and oxygen atoms in total. The van der Waals surface area contributed by atoms with Gasteiger partial charge in [0.1, 0.15) is 18.5 Å². The molecule has 5 rings (SSSR count). The first-order valence-corrected chi connectivity index (χ1v) is 13.8. The van der Waals surface area contributed by atoms with E-state index >= 15 is 0 Å². The van der Waals surface area contributed by atoms with Crippen molar-refractivity contribution in [2.75, 3.05) is 26.2 Å². The molecule has 1 unspecified atom stereocenters. The minimum atomic E-state index is -5.10. The smallest absolute Gasteiger partial charge is 0.489 e. The molecular formula is C32H33F3N2O4. The second-order valence-electron chi connectivity index (χ2n) is 10.8. The van der Waals surface area contributed by atoms with E-state index in [0.29, 0.717) is 57.6 Å². The molecule has 2 saturated heterocycles. The molecule has 0 radical (unpaired) electrons. The lowest BCUT2D eigenvalue weighted by Crippen LogP contribution is -2.58. The Morgan fingerprint density at radius 3 is 2.12 bits per heavy atom. The highest BCUT2D eigenvalue weighted by Crippen LogP contribution is 2.44. The molecule has 41 heavy (non-hydrogen) atoms. The maximum absolute atomic E-state index is 13.2. The van der Waals surface area contributed by atoms with Crippen molar-refractivity contribution in [3.8, 4) is 5.75 Å². The van der Waals surface area contributed by atoms with Crippen LogP contribution in [-0.4, -0.2) is 60.1 Å². The number of carbonyl (C=O) groups excluding carboxylic acids is 2. The SMILES string of the molecule is O=C(c1ccccc1)N1CCC2(CCN(Cc3ccccc3OCc3ccccc3)CC2)C(OC(=O)C(F)(F)F)C1. The van der Waals surface area contributed by atoms with Crippen molar-refractivity contribution in [2.45, 2.75) is 44.7 Å². The second kappa shape index (κ2) is 12.3. The van der Waals surface area contributed by atoms with Crippen molar-refractivity contribution in [2.24, 2.45) is 5.41 Å². The highest BCUT2D eigenvalue weighted by molar-refractivity contribution is 5.94. The standard InChI is InChI=1S/C32H33F3N2O4/c33-32(34,35)30(39)41-28-22-37(29(38)25-11-5-2-6-12-25)20-17-31(28)15-18-36(19-16-31)21-26-13-7-8-14-27(26)40-23-24-9-3-1-4-10-24/h1-14,28H,15-23H2. The Bertz CT molecular complexity index is 1330. The number of benzene rings is 3. The van der Waals surface area contributed by atoms with Gasteiger partial charge in [0.2, 0.25) is 0 Å². The zero-order chi connectivity index (χ0) is 28.9. The van der Waals surface area contributed by atoms with Crippen LogP contribution in [0.15, 0.2) is 84.9 Å². The summed E-state index contributed by atoms with van der Waals surface area (Å²) in [5.74, 6) is -1.69. The molecule has 2 fully saturated rings. The summed E-state index contributed by atoms with van der Waals surface area (Å²) >= 11 is 0. The topological polar surface area (TPSA) is 59.1 Å². The van der Waals surface area contributed by atoms with Crippen molar-refractivity contribution in [3.05, 3.63) is 102 Å². The van der Waals surface area contributed by atoms with E-state index in [2.05, 4.69) is 4.90 Å². The number of ether oxygens (including phenoxy) is 2. The number of carbonyl (C=O) groups is 2. The molecule has 216 valence electrons. The number of nitrogens with zero attached hydrogens (tertiary/aromatic N) is 2. The number of piperidine rings is 2. The third-order valence-electron chi connectivity index (χ3n) is 8.19. The number of hydrogen-bond donors (Lipinski definition) is 0. The first-order chi connectivity index (χ1) is 19.7. The van der Waals surface area contributed by atoms with E-state index < -0.39 is 23.7 Å². The molecule has 0 bridgehead atoms. The molecule has 2 aliphatic rings. The van der Waals surface area contributed by atoms with Crippen LogP contribution in [0.5, 0.6) is 5.75 Å². The highest BCUT2D eigenvalue weighted by atomic mass is 19.4. The zero-order valence-electron chi connectivity index (χ0n) is 22.7. The van der Waals surface area contributed by atoms with E-state index in [9.17, 15) is 22.8 Å². The minimum absolute atomic E-state index is 0.0638. The number of amides is 1. The fourth-order valence-corrected chi connectivity index (χ4v) is 5.79. The normalized spacial score (nSPS) is 19.1. The summed E-state index contributed by atoms with van der Waals surface area (Å²) in [5.41, 5.74) is 1.92. The highest BCUT2D eigenvalue weighted by Gasteiger charge is 2.51. The molecular weight excluding hydrogens is 533 g/mol. The number of alkyl halides is 3. The van der Waals surface area contributed by atoms with E-state index in [-0.39, 0.29) is 12.5 Å². The van der Waals surface area contributed by atoms with Gasteiger partial charge in [-0.1, -0.05) is 66.7 Å². The summed E-state index contributed by atoms with van der Waals surface area (Å²) in [5, 5.41) is 0. The molecule has 1 atom stereocenters. The Kier molecular flexibility index (Phi) is 8.63. The van der Waals surface area contributed by atoms with Crippen LogP contribution in [0.3, 0.4) is 0 Å². The molecule has 9 heteroatoms. The maximum Gasteiger partial charge on any atom is 0.490 e. The molecule has 2 heterocycles. The Morgan fingerprint density at radius 2 is 1.44 bits per heavy atom. The van der Waals surface area contributed by atoms with Crippen molar-refractivity contribution in [1.82, 2.24) is 9.80 Å². The summed E-state index contributed by atoms with van der Waals surface area (Å²) in [6.07, 6.45) is -4.56. The van der Waals surface area contributed by atoms with Crippen LogP contribution >= 0.6 is 0 Å². The quantitative estimate of drug-likeness (QED) is 0.335. The van der Waals surface area contributed by atoms with Crippen molar-refractivity contribution >= 4 is 11.9 Å². The average Bonchev–Trinajstić information content (AvgIpc) is 2.99. The van der Waals surface area contributed by atoms with Gasteiger partial charge in [0.05, 0.1) is 6.54 Å². The van der Waals surface area contributed by atoms with E-state index in [1.54, 1.807) is 30.3 Å². The van der Waals surface area contributed by atoms with Crippen LogP contribution in [0.25, 0.3) is 0 Å². The van der Waals surface area contributed by atoms with Gasteiger partial charge < -0.3 is 14.4 Å². The van der Waals surface area contributed by atoms with Gasteiger partial charge in [-0.2, -0.15) is 13.2 Å². The average molecular weight is 567 g/mol. The number of hydrogen-bond acceptors (Lipinski definition) is 5. The lowest BCUT2D eigenvalue weighted by molar-refractivity contribution is -0.216. The fourth-order valence-electron chi connectivity index (χ4n) is 5.79. The molecule has 0 N–H and O–H groups in total. The molecule has 1 amide bonds. The zero-order valence-corrected chi connectivity index (χ0v) is 22.7. The molecule has 0 saturated carbocycles. The predicted molar refractivity (Wildman–Crippen MR) is 147 cm³/mol. The first-order valence-electron chi connectivity index (χ1n) is 13.8. The lowest BCUT2D eigenvalue weighted by atomic mass is 9.69. The van der Waals surface area contributed by atoms with Crippen LogP contribution in [0, 0.1) is 5.41 Å². The van der Waals surface area contributed by atoms with Gasteiger partial charge in [0.15, 0.2) is 0 Å². The van der Waals surface area contributed by atoms with Crippen molar-refractivity contribution in [1.29, 1.82) is 0 Å². The van der Waals surface area contributed by atoms with Gasteiger partial charge in [-0.3, -0.25) is 9.69 Å². The molecule has 3 aromatic rings. The molecule has 2 aliphatic heterocycles. The third kappa shape index (κ3) is 6.90. The first kappa shape index (κ1) is 28.7. The Morgan fingerprint density at radius 1 is 0.829 bits per heavy atom. The summed E-state index contributed by atoms with van der Waals surface area (Å²) in [7, 11) is 0. The van der Waals surface area contributed by atoms with Gasteiger partial charge in [0.25, 0.3) is 5.91 Å². The van der Waals surface area contributed by atoms with E-state index in [0.717, 1.165) is 16.9 Å². The van der Waals surface area contributed by atoms with Gasteiger partial charge in [-0.05, 0) is 56.1 Å². The summed E-state index contributed by atoms with van der Waals surface area (Å²) < 4.78 is 50.9. The summed E-state index contributed by atoms with van der Waals surface area (Å²) in [4.78, 5) is 28.8. The number of likely N-dealkylation sites (tertiary alicyclic amines) is 2. The molecule has 3 aromatic carbocycles. The van der Waals surface area contributed by atoms with Crippen LogP contribution < -0.4 is 4.74 Å². The third-order valence-corrected chi connectivity index (χ3v) is 8.19. The van der Waals surface area contributed by atoms with Gasteiger partial charge in [-0.15, -0.1) is 0 Å². The Hall–Kier alpha value is -3.85. The maximum atomic E-state index is 13.2. The fraction of sp³-hybridized carbons (Fsp3) is 0.375. The van der Waals surface area contributed by atoms with Crippen LogP contribution in [0.4, 0.5) is 13.2 Å². The second-order valence-corrected chi connectivity index (χ2v) is 10.8. The van der Waals surface area contributed by atoms with Crippen molar-refractivity contribution < 1.29 is 32.2 Å². The van der Waals surface area contributed by atoms with Crippen LogP contribution in [0.2, 0.25) is 0 Å². The molecule has 0 aliphatic carbocycles. The Balaban J connectivity index is 1.26. The van der Waals surface area contributed by atoms with Crippen LogP contribution in [-0.2, 0) is 22.7 Å². The number of esters is 1. The minimum Gasteiger partial charge on any atom is -0.489 e. The summed E-state index contributed by atoms with van der Waals surface area (Å²) in [6, 6.07) is 26.4. The van der Waals surface area contributed by atoms with Gasteiger partial charge in [-0.25, -0.2) is 4.79 Å². The monoisotopic (exact) mass is 566 g/mol.